The molecule has 0 unspecified atom stereocenters. The molecule has 0 aliphatic rings. The highest BCUT2D eigenvalue weighted by molar-refractivity contribution is 5.95. The summed E-state index contributed by atoms with van der Waals surface area (Å²) >= 11 is 0. The SMILES string of the molecule is C=C(C)CNC(=O)c1cc([N+](=O)[O-])cc(C)c1F. The molecule has 0 aliphatic carbocycles. The standard InChI is InChI=1S/C12H13FN2O3/c1-7(2)6-14-12(16)10-5-9(15(17)18)4-8(3)11(10)13/h4-5H,1,6H2,2-3H3,(H,14,16). The zero-order chi connectivity index (χ0) is 13.9. The van der Waals surface area contributed by atoms with Crippen molar-refractivity contribution in [2.45, 2.75) is 13.8 Å². The molecule has 0 saturated heterocycles. The number of aryl methyl sites for hydroxylation is 1. The van der Waals surface area contributed by atoms with Crippen LogP contribution in [0.25, 0.3) is 0 Å². The van der Waals surface area contributed by atoms with Crippen LogP contribution in [0.5, 0.6) is 0 Å². The summed E-state index contributed by atoms with van der Waals surface area (Å²) in [5, 5.41) is 13.1. The molecule has 0 fully saturated rings. The second-order valence-electron chi connectivity index (χ2n) is 4.02. The number of hydrogen-bond acceptors (Lipinski definition) is 3. The van der Waals surface area contributed by atoms with E-state index in [2.05, 4.69) is 11.9 Å². The molecule has 0 bridgehead atoms. The number of nitrogens with one attached hydrogen (secondary N) is 1. The molecular weight excluding hydrogens is 239 g/mol. The van der Waals surface area contributed by atoms with E-state index in [-0.39, 0.29) is 23.4 Å². The first-order valence-electron chi connectivity index (χ1n) is 5.20. The number of nitro benzene ring substituents is 1. The summed E-state index contributed by atoms with van der Waals surface area (Å²) in [6, 6.07) is 2.01. The summed E-state index contributed by atoms with van der Waals surface area (Å²) in [6.45, 7) is 6.86. The third kappa shape index (κ3) is 3.13. The van der Waals surface area contributed by atoms with Gasteiger partial charge in [-0.15, -0.1) is 0 Å². The maximum Gasteiger partial charge on any atom is 0.270 e. The van der Waals surface area contributed by atoms with Gasteiger partial charge in [-0.1, -0.05) is 12.2 Å². The summed E-state index contributed by atoms with van der Waals surface area (Å²) in [7, 11) is 0. The van der Waals surface area contributed by atoms with Crippen LogP contribution in [-0.2, 0) is 0 Å². The Hall–Kier alpha value is -2.24. The maximum atomic E-state index is 13.7. The fourth-order valence-electron chi connectivity index (χ4n) is 1.35. The second kappa shape index (κ2) is 5.39. The number of carbonyl (C=O) groups is 1. The van der Waals surface area contributed by atoms with Crippen LogP contribution in [-0.4, -0.2) is 17.4 Å². The summed E-state index contributed by atoms with van der Waals surface area (Å²) < 4.78 is 13.7. The molecule has 96 valence electrons. The lowest BCUT2D eigenvalue weighted by atomic mass is 10.1. The van der Waals surface area contributed by atoms with E-state index in [1.165, 1.54) is 6.92 Å². The molecule has 18 heavy (non-hydrogen) atoms. The Labute approximate surface area is 103 Å². The van der Waals surface area contributed by atoms with E-state index >= 15 is 0 Å². The highest BCUT2D eigenvalue weighted by atomic mass is 19.1. The third-order valence-corrected chi connectivity index (χ3v) is 2.25. The lowest BCUT2D eigenvalue weighted by molar-refractivity contribution is -0.385. The predicted octanol–water partition coefficient (Wildman–Crippen LogP) is 2.35. The van der Waals surface area contributed by atoms with Crippen molar-refractivity contribution in [3.05, 3.63) is 51.3 Å². The van der Waals surface area contributed by atoms with E-state index < -0.39 is 16.6 Å². The number of nitrogens with zero attached hydrogens (tertiary/aromatic N) is 1. The fraction of sp³-hybridized carbons (Fsp3) is 0.250. The predicted molar refractivity (Wildman–Crippen MR) is 64.9 cm³/mol. The van der Waals surface area contributed by atoms with Gasteiger partial charge in [0.15, 0.2) is 0 Å². The van der Waals surface area contributed by atoms with Gasteiger partial charge in [-0.2, -0.15) is 0 Å². The van der Waals surface area contributed by atoms with Crippen molar-refractivity contribution >= 4 is 11.6 Å². The number of hydrogen-bond donors (Lipinski definition) is 1. The van der Waals surface area contributed by atoms with E-state index in [1.54, 1.807) is 6.92 Å². The number of halogens is 1. The number of rotatable bonds is 4. The Morgan fingerprint density at radius 2 is 2.17 bits per heavy atom. The average molecular weight is 252 g/mol. The van der Waals surface area contributed by atoms with Crippen LogP contribution in [0.2, 0.25) is 0 Å². The molecule has 1 aromatic rings. The lowest BCUT2D eigenvalue weighted by Gasteiger charge is -2.07. The molecule has 0 saturated carbocycles. The first-order valence-corrected chi connectivity index (χ1v) is 5.20. The van der Waals surface area contributed by atoms with Gasteiger partial charge in [-0.05, 0) is 19.4 Å². The molecule has 0 spiro atoms. The Morgan fingerprint density at radius 3 is 2.67 bits per heavy atom. The summed E-state index contributed by atoms with van der Waals surface area (Å²) in [5.41, 5.74) is 0.118. The van der Waals surface area contributed by atoms with Gasteiger partial charge >= 0.3 is 0 Å². The van der Waals surface area contributed by atoms with E-state index in [1.807, 2.05) is 0 Å². The molecule has 0 radical (unpaired) electrons. The van der Waals surface area contributed by atoms with Crippen LogP contribution < -0.4 is 5.32 Å². The minimum absolute atomic E-state index is 0.0599. The third-order valence-electron chi connectivity index (χ3n) is 2.25. The highest BCUT2D eigenvalue weighted by Crippen LogP contribution is 2.20. The van der Waals surface area contributed by atoms with Gasteiger partial charge in [0, 0.05) is 18.7 Å². The Bertz CT molecular complexity index is 526. The molecule has 1 aromatic carbocycles. The van der Waals surface area contributed by atoms with Gasteiger partial charge in [0.25, 0.3) is 11.6 Å². The molecular formula is C12H13FN2O3. The zero-order valence-corrected chi connectivity index (χ0v) is 10.1. The van der Waals surface area contributed by atoms with Gasteiger partial charge in [0.1, 0.15) is 5.82 Å². The van der Waals surface area contributed by atoms with Crippen molar-refractivity contribution in [1.29, 1.82) is 0 Å². The first kappa shape index (κ1) is 13.8. The van der Waals surface area contributed by atoms with Crippen molar-refractivity contribution in [1.82, 2.24) is 5.32 Å². The van der Waals surface area contributed by atoms with E-state index in [4.69, 9.17) is 0 Å². The molecule has 0 atom stereocenters. The first-order chi connectivity index (χ1) is 8.32. The Balaban J connectivity index is 3.10. The molecule has 0 aromatic heterocycles. The van der Waals surface area contributed by atoms with Crippen LogP contribution in [0.4, 0.5) is 10.1 Å². The second-order valence-corrected chi connectivity index (χ2v) is 4.02. The van der Waals surface area contributed by atoms with E-state index in [0.29, 0.717) is 5.57 Å². The van der Waals surface area contributed by atoms with E-state index in [9.17, 15) is 19.3 Å². The van der Waals surface area contributed by atoms with Gasteiger partial charge in [-0.25, -0.2) is 4.39 Å². The van der Waals surface area contributed by atoms with Crippen molar-refractivity contribution in [2.75, 3.05) is 6.54 Å². The van der Waals surface area contributed by atoms with Crippen LogP contribution in [0.15, 0.2) is 24.3 Å². The van der Waals surface area contributed by atoms with Crippen molar-refractivity contribution in [3.8, 4) is 0 Å². The van der Waals surface area contributed by atoms with Crippen LogP contribution in [0.1, 0.15) is 22.8 Å². The summed E-state index contributed by atoms with van der Waals surface area (Å²) in [6.07, 6.45) is 0. The maximum absolute atomic E-state index is 13.7. The summed E-state index contributed by atoms with van der Waals surface area (Å²) in [4.78, 5) is 21.7. The lowest BCUT2D eigenvalue weighted by Crippen LogP contribution is -2.26. The fourth-order valence-corrected chi connectivity index (χ4v) is 1.35. The van der Waals surface area contributed by atoms with Gasteiger partial charge in [0.05, 0.1) is 10.5 Å². The van der Waals surface area contributed by atoms with Crippen molar-refractivity contribution in [3.63, 3.8) is 0 Å². The molecule has 1 amide bonds. The number of amides is 1. The normalized spacial score (nSPS) is 9.94. The van der Waals surface area contributed by atoms with Crippen LogP contribution in [0, 0.1) is 22.9 Å². The smallest absolute Gasteiger partial charge is 0.270 e. The Morgan fingerprint density at radius 1 is 1.56 bits per heavy atom. The van der Waals surface area contributed by atoms with E-state index in [0.717, 1.165) is 12.1 Å². The number of non-ortho nitro benzene ring substituents is 1. The van der Waals surface area contributed by atoms with Gasteiger partial charge in [-0.3, -0.25) is 14.9 Å². The molecule has 5 nitrogen and oxygen atoms in total. The quantitative estimate of drug-likeness (QED) is 0.508. The molecule has 6 heteroatoms. The minimum atomic E-state index is -0.750. The minimum Gasteiger partial charge on any atom is -0.348 e. The van der Waals surface area contributed by atoms with Crippen molar-refractivity contribution in [2.24, 2.45) is 0 Å². The van der Waals surface area contributed by atoms with Gasteiger partial charge < -0.3 is 5.32 Å². The monoisotopic (exact) mass is 252 g/mol. The molecule has 0 heterocycles. The number of nitro groups is 1. The Kier molecular flexibility index (Phi) is 4.14. The van der Waals surface area contributed by atoms with Crippen molar-refractivity contribution < 1.29 is 14.1 Å². The molecule has 0 aliphatic heterocycles. The number of carbonyl (C=O) groups excluding carboxylic acids is 1. The largest absolute Gasteiger partial charge is 0.348 e. The molecule has 1 rings (SSSR count). The van der Waals surface area contributed by atoms with Crippen LogP contribution >= 0.6 is 0 Å². The van der Waals surface area contributed by atoms with Crippen LogP contribution in [0.3, 0.4) is 0 Å². The van der Waals surface area contributed by atoms with Gasteiger partial charge in [0.2, 0.25) is 0 Å². The molecule has 1 N–H and O–H groups in total. The number of benzene rings is 1. The average Bonchev–Trinajstić information content (AvgIpc) is 2.29. The summed E-state index contributed by atoms with van der Waals surface area (Å²) in [5.74, 6) is -1.44. The zero-order valence-electron chi connectivity index (χ0n) is 10.1. The topological polar surface area (TPSA) is 72.2 Å². The highest BCUT2D eigenvalue weighted by Gasteiger charge is 2.19.